The lowest BCUT2D eigenvalue weighted by Crippen LogP contribution is -1.62. The Balaban J connectivity index is 0. The molecule has 0 bridgehead atoms. The van der Waals surface area contributed by atoms with Gasteiger partial charge in [0.2, 0.25) is 0 Å². The van der Waals surface area contributed by atoms with E-state index in [9.17, 15) is 0 Å². The largest absolute Gasteiger partial charge is 0.307 e. The van der Waals surface area contributed by atoms with Crippen LogP contribution in [-0.2, 0) is 4.79 Å². The number of benzene rings is 1. The molecular formula is C8H10Cl2O. The number of carbonyl (C=O) groups excluding carboxylic acids is 1. The molecule has 0 aliphatic heterocycles. The molecule has 0 atom stereocenters. The first-order valence-corrected chi connectivity index (χ1v) is 3.99. The molecule has 1 aromatic rings. The molecule has 0 N–H and O–H groups in total. The lowest BCUT2D eigenvalue weighted by atomic mass is 10.2. The molecule has 0 aromatic heterocycles. The van der Waals surface area contributed by atoms with Crippen LogP contribution in [0, 0.1) is 6.92 Å². The van der Waals surface area contributed by atoms with Crippen LogP contribution in [0.1, 0.15) is 5.56 Å². The maximum Gasteiger partial charge on any atom is 0.106 e. The van der Waals surface area contributed by atoms with E-state index in [2.05, 4.69) is 40.8 Å². The third-order valence-corrected chi connectivity index (χ3v) is 0.940. The summed E-state index contributed by atoms with van der Waals surface area (Å²) in [6.45, 7) is 4.08. The minimum atomic E-state index is 1.32. The van der Waals surface area contributed by atoms with Crippen LogP contribution in [0.3, 0.4) is 0 Å². The Labute approximate surface area is 76.5 Å². The molecule has 11 heavy (non-hydrogen) atoms. The van der Waals surface area contributed by atoms with Crippen molar-refractivity contribution in [1.82, 2.24) is 0 Å². The molecule has 0 spiro atoms. The van der Waals surface area contributed by atoms with Crippen molar-refractivity contribution in [1.29, 1.82) is 0 Å². The zero-order valence-corrected chi connectivity index (χ0v) is 7.77. The Morgan fingerprint density at radius 3 is 1.64 bits per heavy atom. The molecule has 62 valence electrons. The Morgan fingerprint density at radius 1 is 1.09 bits per heavy atom. The molecular weight excluding hydrogens is 183 g/mol. The summed E-state index contributed by atoms with van der Waals surface area (Å²) in [4.78, 5) is 8.00. The minimum absolute atomic E-state index is 1.32. The van der Waals surface area contributed by atoms with Crippen LogP contribution in [0.15, 0.2) is 30.3 Å². The van der Waals surface area contributed by atoms with Gasteiger partial charge in [-0.2, -0.15) is 0 Å². The van der Waals surface area contributed by atoms with Gasteiger partial charge in [0.15, 0.2) is 0 Å². The van der Waals surface area contributed by atoms with E-state index in [4.69, 9.17) is 4.79 Å². The fourth-order valence-corrected chi connectivity index (χ4v) is 0.534. The van der Waals surface area contributed by atoms with Crippen LogP contribution in [0.25, 0.3) is 0 Å². The summed E-state index contributed by atoms with van der Waals surface area (Å²) in [5.74, 6) is 0. The van der Waals surface area contributed by atoms with E-state index in [1.54, 1.807) is 0 Å². The third kappa shape index (κ3) is 9.47. The fraction of sp³-hybridized carbons (Fsp3) is 0.125. The molecule has 0 fully saturated rings. The van der Waals surface area contributed by atoms with Gasteiger partial charge in [0.05, 0.1) is 0 Å². The predicted molar refractivity (Wildman–Crippen MR) is 50.0 cm³/mol. The highest BCUT2D eigenvalue weighted by molar-refractivity contribution is 6.85. The lowest BCUT2D eigenvalue weighted by Gasteiger charge is -1.82. The van der Waals surface area contributed by atoms with E-state index in [0.717, 1.165) is 0 Å². The zero-order chi connectivity index (χ0) is 9.11. The van der Waals surface area contributed by atoms with Crippen molar-refractivity contribution in [3.63, 3.8) is 0 Å². The van der Waals surface area contributed by atoms with Gasteiger partial charge in [-0.15, -0.1) is 0 Å². The van der Waals surface area contributed by atoms with Crippen LogP contribution in [0.4, 0.5) is 0 Å². The second-order valence-corrected chi connectivity index (χ2v) is 1.65. The van der Waals surface area contributed by atoms with Gasteiger partial charge in [0.25, 0.3) is 0 Å². The maximum atomic E-state index is 8.00. The molecule has 1 aromatic carbocycles. The number of halogens is 2. The Hall–Kier alpha value is -0.530. The van der Waals surface area contributed by atoms with Crippen molar-refractivity contribution in [2.75, 3.05) is 0 Å². The SMILES string of the molecule is C=O.Cc1ccccc1.ClCl. The first-order valence-electron chi connectivity index (χ1n) is 2.84. The number of aryl methyl sites for hydroxylation is 1. The van der Waals surface area contributed by atoms with Gasteiger partial charge in [-0.1, -0.05) is 35.9 Å². The molecule has 0 amide bonds. The topological polar surface area (TPSA) is 17.1 Å². The highest BCUT2D eigenvalue weighted by atomic mass is 36.5. The highest BCUT2D eigenvalue weighted by Gasteiger charge is 1.72. The first-order chi connectivity index (χ1) is 5.39. The van der Waals surface area contributed by atoms with Crippen LogP contribution < -0.4 is 0 Å². The van der Waals surface area contributed by atoms with Gasteiger partial charge in [-0.3, -0.25) is 0 Å². The summed E-state index contributed by atoms with van der Waals surface area (Å²) < 4.78 is 0. The molecule has 0 aliphatic carbocycles. The average molecular weight is 193 g/mol. The second-order valence-electron chi connectivity index (χ2n) is 1.65. The monoisotopic (exact) mass is 192 g/mol. The van der Waals surface area contributed by atoms with Crippen LogP contribution in [0.5, 0.6) is 0 Å². The maximum absolute atomic E-state index is 8.00. The molecule has 1 nitrogen and oxygen atoms in total. The summed E-state index contributed by atoms with van der Waals surface area (Å²) in [6.07, 6.45) is 0. The van der Waals surface area contributed by atoms with Gasteiger partial charge in [0, 0.05) is 21.7 Å². The molecule has 0 unspecified atom stereocenters. The van der Waals surface area contributed by atoms with Crippen molar-refractivity contribution in [3.8, 4) is 0 Å². The van der Waals surface area contributed by atoms with Crippen LogP contribution >= 0.6 is 21.7 Å². The smallest absolute Gasteiger partial charge is 0.106 e. The fourth-order valence-electron chi connectivity index (χ4n) is 0.534. The van der Waals surface area contributed by atoms with E-state index in [0.29, 0.717) is 0 Å². The highest BCUT2D eigenvalue weighted by Crippen LogP contribution is 1.92. The molecule has 0 heterocycles. The van der Waals surface area contributed by atoms with Gasteiger partial charge < -0.3 is 4.79 Å². The van der Waals surface area contributed by atoms with Crippen molar-refractivity contribution in [2.24, 2.45) is 0 Å². The molecule has 3 heteroatoms. The second kappa shape index (κ2) is 12.2. The molecule has 0 radical (unpaired) electrons. The Morgan fingerprint density at radius 2 is 1.45 bits per heavy atom. The summed E-state index contributed by atoms with van der Waals surface area (Å²) >= 11 is 0. The predicted octanol–water partition coefficient (Wildman–Crippen LogP) is 3.19. The number of carbonyl (C=O) groups is 1. The van der Waals surface area contributed by atoms with Gasteiger partial charge in [-0.25, -0.2) is 0 Å². The van der Waals surface area contributed by atoms with Crippen LogP contribution in [0.2, 0.25) is 0 Å². The van der Waals surface area contributed by atoms with E-state index in [1.807, 2.05) is 25.0 Å². The molecule has 0 aliphatic rings. The zero-order valence-electron chi connectivity index (χ0n) is 6.26. The number of hydrogen-bond acceptors (Lipinski definition) is 1. The third-order valence-electron chi connectivity index (χ3n) is 0.940. The van der Waals surface area contributed by atoms with Gasteiger partial charge in [0.1, 0.15) is 6.79 Å². The quantitative estimate of drug-likeness (QED) is 0.618. The summed E-state index contributed by atoms with van der Waals surface area (Å²) in [5, 5.41) is 0. The molecule has 0 saturated carbocycles. The normalized spacial score (nSPS) is 6.45. The van der Waals surface area contributed by atoms with E-state index in [1.165, 1.54) is 5.56 Å². The summed E-state index contributed by atoms with van der Waals surface area (Å²) in [6, 6.07) is 10.3. The van der Waals surface area contributed by atoms with E-state index < -0.39 is 0 Å². The molecule has 1 rings (SSSR count). The van der Waals surface area contributed by atoms with Crippen molar-refractivity contribution in [3.05, 3.63) is 35.9 Å². The van der Waals surface area contributed by atoms with Crippen molar-refractivity contribution < 1.29 is 4.79 Å². The summed E-state index contributed by atoms with van der Waals surface area (Å²) in [7, 11) is 8.22. The first kappa shape index (κ1) is 13.1. The van der Waals surface area contributed by atoms with Crippen molar-refractivity contribution >= 4 is 28.5 Å². The standard InChI is InChI=1S/C7H8.CH2O.Cl2/c1-7-5-3-2-4-6-7;2*1-2/h2-6H,1H3;1H2;. The molecule has 0 saturated heterocycles. The minimum Gasteiger partial charge on any atom is -0.307 e. The lowest BCUT2D eigenvalue weighted by molar-refractivity contribution is -0.0979. The van der Waals surface area contributed by atoms with Gasteiger partial charge >= 0.3 is 0 Å². The average Bonchev–Trinajstić information content (AvgIpc) is 2.13. The van der Waals surface area contributed by atoms with E-state index >= 15 is 0 Å². The number of hydrogen-bond donors (Lipinski definition) is 0. The Bertz CT molecular complexity index is 153. The van der Waals surface area contributed by atoms with Crippen molar-refractivity contribution in [2.45, 2.75) is 6.92 Å². The summed E-state index contributed by atoms with van der Waals surface area (Å²) in [5.41, 5.74) is 1.32. The van der Waals surface area contributed by atoms with Crippen LogP contribution in [-0.4, -0.2) is 6.79 Å². The van der Waals surface area contributed by atoms with E-state index in [-0.39, 0.29) is 0 Å². The Kier molecular flexibility index (Phi) is 14.5. The number of rotatable bonds is 0. The van der Waals surface area contributed by atoms with Gasteiger partial charge in [-0.05, 0) is 6.92 Å².